The summed E-state index contributed by atoms with van der Waals surface area (Å²) < 4.78 is 0. The number of nitrogens with zero attached hydrogens (tertiary/aromatic N) is 1. The van der Waals surface area contributed by atoms with Crippen molar-refractivity contribution in [2.75, 3.05) is 13.1 Å². The van der Waals surface area contributed by atoms with Crippen molar-refractivity contribution >= 4 is 11.9 Å². The van der Waals surface area contributed by atoms with E-state index in [4.69, 9.17) is 15.3 Å². The van der Waals surface area contributed by atoms with Crippen molar-refractivity contribution in [1.29, 1.82) is 0 Å². The molecule has 14 heavy (non-hydrogen) atoms. The molecule has 6 heteroatoms. The monoisotopic (exact) mass is 203 g/mol. The van der Waals surface area contributed by atoms with Crippen LogP contribution in [0.5, 0.6) is 0 Å². The van der Waals surface area contributed by atoms with E-state index in [1.807, 2.05) is 0 Å². The molecule has 0 spiro atoms. The van der Waals surface area contributed by atoms with Gasteiger partial charge in [0, 0.05) is 13.1 Å². The molecule has 0 aromatic carbocycles. The van der Waals surface area contributed by atoms with Crippen molar-refractivity contribution in [3.63, 3.8) is 0 Å². The Labute approximate surface area is 80.8 Å². The van der Waals surface area contributed by atoms with Gasteiger partial charge in [-0.05, 0) is 6.92 Å². The lowest BCUT2D eigenvalue weighted by Gasteiger charge is -2.17. The van der Waals surface area contributed by atoms with Gasteiger partial charge in [0.05, 0.1) is 12.2 Å². The highest BCUT2D eigenvalue weighted by Gasteiger charge is 2.36. The molecule has 1 rings (SSSR count). The first-order valence-electron chi connectivity index (χ1n) is 4.31. The predicted molar refractivity (Wildman–Crippen MR) is 45.4 cm³/mol. The third-order valence-corrected chi connectivity index (χ3v) is 2.31. The minimum Gasteiger partial charge on any atom is -0.481 e. The molecule has 3 atom stereocenters. The summed E-state index contributed by atoms with van der Waals surface area (Å²) in [6.07, 6.45) is -1.94. The van der Waals surface area contributed by atoms with E-state index in [1.165, 1.54) is 6.92 Å². The maximum absolute atomic E-state index is 11.4. The Hall–Kier alpha value is -1.14. The largest absolute Gasteiger partial charge is 0.481 e. The minimum atomic E-state index is -1.20. The first-order valence-corrected chi connectivity index (χ1v) is 4.31. The molecule has 0 aliphatic carbocycles. The van der Waals surface area contributed by atoms with Crippen LogP contribution in [0.25, 0.3) is 0 Å². The summed E-state index contributed by atoms with van der Waals surface area (Å²) in [5.74, 6) is -2.91. The molecule has 1 heterocycles. The average Bonchev–Trinajstić information content (AvgIpc) is 2.44. The number of aliphatic hydroxyl groups is 2. The molecule has 1 aliphatic heterocycles. The van der Waals surface area contributed by atoms with Crippen LogP contribution in [0.1, 0.15) is 6.92 Å². The van der Waals surface area contributed by atoms with Gasteiger partial charge in [-0.15, -0.1) is 0 Å². The zero-order valence-electron chi connectivity index (χ0n) is 7.75. The van der Waals surface area contributed by atoms with Gasteiger partial charge >= 0.3 is 5.97 Å². The van der Waals surface area contributed by atoms with Gasteiger partial charge in [0.25, 0.3) is 0 Å². The summed E-state index contributed by atoms with van der Waals surface area (Å²) in [6, 6.07) is 0. The van der Waals surface area contributed by atoms with Gasteiger partial charge in [0.2, 0.25) is 5.91 Å². The van der Waals surface area contributed by atoms with Crippen molar-refractivity contribution in [2.45, 2.75) is 19.1 Å². The predicted octanol–water partition coefficient (Wildman–Crippen LogP) is -1.73. The van der Waals surface area contributed by atoms with Gasteiger partial charge < -0.3 is 20.2 Å². The average molecular weight is 203 g/mol. The van der Waals surface area contributed by atoms with Crippen LogP contribution in [0.15, 0.2) is 0 Å². The molecule has 0 radical (unpaired) electrons. The van der Waals surface area contributed by atoms with E-state index in [0.29, 0.717) is 0 Å². The Morgan fingerprint density at radius 3 is 2.07 bits per heavy atom. The highest BCUT2D eigenvalue weighted by molar-refractivity contribution is 5.96. The second-order valence-electron chi connectivity index (χ2n) is 3.44. The maximum Gasteiger partial charge on any atom is 0.315 e. The molecule has 0 aromatic rings. The van der Waals surface area contributed by atoms with Gasteiger partial charge in [0.1, 0.15) is 5.92 Å². The Bertz CT molecular complexity index is 244. The van der Waals surface area contributed by atoms with Crippen LogP contribution in [0.4, 0.5) is 0 Å². The fraction of sp³-hybridized carbons (Fsp3) is 0.750. The number of aliphatic hydroxyl groups excluding tert-OH is 2. The van der Waals surface area contributed by atoms with Gasteiger partial charge in [-0.3, -0.25) is 9.59 Å². The number of carboxylic acid groups (broad SMARTS) is 1. The normalized spacial score (nSPS) is 28.9. The Kier molecular flexibility index (Phi) is 3.07. The van der Waals surface area contributed by atoms with Crippen LogP contribution in [0, 0.1) is 5.92 Å². The van der Waals surface area contributed by atoms with Crippen LogP contribution in [0.3, 0.4) is 0 Å². The maximum atomic E-state index is 11.4. The summed E-state index contributed by atoms with van der Waals surface area (Å²) in [6.45, 7) is 1.27. The molecule has 1 aliphatic rings. The van der Waals surface area contributed by atoms with E-state index < -0.39 is 30.0 Å². The first kappa shape index (κ1) is 10.9. The molecule has 1 saturated heterocycles. The zero-order valence-corrected chi connectivity index (χ0v) is 7.75. The molecular weight excluding hydrogens is 190 g/mol. The summed E-state index contributed by atoms with van der Waals surface area (Å²) in [5, 5.41) is 26.9. The van der Waals surface area contributed by atoms with E-state index in [9.17, 15) is 9.59 Å². The van der Waals surface area contributed by atoms with Crippen LogP contribution >= 0.6 is 0 Å². The second-order valence-corrected chi connectivity index (χ2v) is 3.44. The third kappa shape index (κ3) is 2.02. The number of rotatable bonds is 2. The Morgan fingerprint density at radius 1 is 1.29 bits per heavy atom. The molecule has 6 nitrogen and oxygen atoms in total. The highest BCUT2D eigenvalue weighted by atomic mass is 16.4. The number of carboxylic acids is 1. The lowest BCUT2D eigenvalue weighted by molar-refractivity contribution is -0.150. The number of hydrogen-bond donors (Lipinski definition) is 3. The molecule has 3 unspecified atom stereocenters. The van der Waals surface area contributed by atoms with Crippen molar-refractivity contribution in [2.24, 2.45) is 5.92 Å². The van der Waals surface area contributed by atoms with Gasteiger partial charge in [0.15, 0.2) is 0 Å². The fourth-order valence-corrected chi connectivity index (χ4v) is 1.33. The number of carbonyl (C=O) groups is 2. The van der Waals surface area contributed by atoms with Crippen LogP contribution in [0.2, 0.25) is 0 Å². The third-order valence-electron chi connectivity index (χ3n) is 2.31. The Balaban J connectivity index is 2.59. The van der Waals surface area contributed by atoms with Crippen LogP contribution in [-0.4, -0.2) is 57.4 Å². The van der Waals surface area contributed by atoms with Gasteiger partial charge in [-0.1, -0.05) is 0 Å². The molecule has 0 bridgehead atoms. The molecule has 0 aromatic heterocycles. The molecule has 1 amide bonds. The lowest BCUT2D eigenvalue weighted by Crippen LogP contribution is -2.37. The lowest BCUT2D eigenvalue weighted by atomic mass is 10.1. The molecule has 80 valence electrons. The highest BCUT2D eigenvalue weighted by Crippen LogP contribution is 2.13. The SMILES string of the molecule is CC(C(=O)O)C(=O)N1CC(O)C(O)C1. The standard InChI is InChI=1S/C8H13NO5/c1-4(8(13)14)7(12)9-2-5(10)6(11)3-9/h4-6,10-11H,2-3H2,1H3,(H,13,14). The number of hydrogen-bond acceptors (Lipinski definition) is 4. The zero-order chi connectivity index (χ0) is 10.9. The van der Waals surface area contributed by atoms with Crippen molar-refractivity contribution < 1.29 is 24.9 Å². The summed E-state index contributed by atoms with van der Waals surface area (Å²) >= 11 is 0. The fourth-order valence-electron chi connectivity index (χ4n) is 1.33. The number of aliphatic carboxylic acids is 1. The quantitative estimate of drug-likeness (QED) is 0.463. The molecule has 3 N–H and O–H groups in total. The molecule has 0 saturated carbocycles. The van der Waals surface area contributed by atoms with E-state index in [-0.39, 0.29) is 13.1 Å². The van der Waals surface area contributed by atoms with E-state index >= 15 is 0 Å². The minimum absolute atomic E-state index is 0.00236. The van der Waals surface area contributed by atoms with E-state index in [2.05, 4.69) is 0 Å². The summed E-state index contributed by atoms with van der Waals surface area (Å²) in [7, 11) is 0. The van der Waals surface area contributed by atoms with Crippen molar-refractivity contribution in [3.05, 3.63) is 0 Å². The van der Waals surface area contributed by atoms with Crippen LogP contribution in [-0.2, 0) is 9.59 Å². The van der Waals surface area contributed by atoms with Gasteiger partial charge in [-0.2, -0.15) is 0 Å². The van der Waals surface area contributed by atoms with Crippen molar-refractivity contribution in [3.8, 4) is 0 Å². The topological polar surface area (TPSA) is 98.1 Å². The number of amides is 1. The Morgan fingerprint density at radius 2 is 1.71 bits per heavy atom. The molecule has 1 fully saturated rings. The number of β-amino-alcohol motifs (C(OH)–C–C–N with tert-alkyl or cyclic N) is 2. The van der Waals surface area contributed by atoms with Crippen LogP contribution < -0.4 is 0 Å². The van der Waals surface area contributed by atoms with Crippen molar-refractivity contribution in [1.82, 2.24) is 4.90 Å². The number of carbonyl (C=O) groups excluding carboxylic acids is 1. The van der Waals surface area contributed by atoms with Gasteiger partial charge in [-0.25, -0.2) is 0 Å². The smallest absolute Gasteiger partial charge is 0.315 e. The summed E-state index contributed by atoms with van der Waals surface area (Å²) in [5.41, 5.74) is 0. The second kappa shape index (κ2) is 3.93. The van der Waals surface area contributed by atoms with E-state index in [1.54, 1.807) is 0 Å². The number of likely N-dealkylation sites (tertiary alicyclic amines) is 1. The van der Waals surface area contributed by atoms with E-state index in [0.717, 1.165) is 4.90 Å². The first-order chi connectivity index (χ1) is 6.43. The molecular formula is C8H13NO5. The summed E-state index contributed by atoms with van der Waals surface area (Å²) in [4.78, 5) is 23.0.